The van der Waals surface area contributed by atoms with E-state index in [0.29, 0.717) is 6.61 Å². The largest absolute Gasteiger partial charge is 0.497 e. The van der Waals surface area contributed by atoms with Crippen molar-refractivity contribution in [1.82, 2.24) is 0 Å². The monoisotopic (exact) mass is 354 g/mol. The van der Waals surface area contributed by atoms with Crippen molar-refractivity contribution in [2.75, 3.05) is 13.7 Å². The van der Waals surface area contributed by atoms with E-state index in [0.717, 1.165) is 30.8 Å². The smallest absolute Gasteiger partial charge is 0.127 e. The van der Waals surface area contributed by atoms with E-state index < -0.39 is 0 Å². The van der Waals surface area contributed by atoms with E-state index in [9.17, 15) is 0 Å². The minimum Gasteiger partial charge on any atom is -0.497 e. The summed E-state index contributed by atoms with van der Waals surface area (Å²) in [6, 6.07) is 4.30. The van der Waals surface area contributed by atoms with Crippen LogP contribution < -0.4 is 9.47 Å². The first-order valence-corrected chi connectivity index (χ1v) is 9.67. The maximum absolute atomic E-state index is 6.29. The van der Waals surface area contributed by atoms with Crippen molar-refractivity contribution >= 4 is 0 Å². The fourth-order valence-corrected chi connectivity index (χ4v) is 3.94. The second-order valence-corrected chi connectivity index (χ2v) is 7.99. The molecular weight excluding hydrogens is 320 g/mol. The lowest BCUT2D eigenvalue weighted by atomic mass is 9.68. The molecule has 0 aliphatic heterocycles. The van der Waals surface area contributed by atoms with E-state index in [2.05, 4.69) is 71.6 Å². The molecule has 0 fully saturated rings. The second kappa shape index (κ2) is 8.16. The summed E-state index contributed by atoms with van der Waals surface area (Å²) in [6.45, 7) is 15.5. The third-order valence-electron chi connectivity index (χ3n) is 5.50. The molecule has 142 valence electrons. The highest BCUT2D eigenvalue weighted by Gasteiger charge is 2.37. The first-order chi connectivity index (χ1) is 12.3. The number of ether oxygens (including phenoxy) is 2. The van der Waals surface area contributed by atoms with Crippen LogP contribution in [0.2, 0.25) is 0 Å². The maximum Gasteiger partial charge on any atom is 0.127 e. The number of hydrogen-bond acceptors (Lipinski definition) is 2. The van der Waals surface area contributed by atoms with Gasteiger partial charge in [-0.25, -0.2) is 0 Å². The molecule has 0 aromatic heterocycles. The first-order valence-electron chi connectivity index (χ1n) is 9.67. The normalized spacial score (nSPS) is 14.3. The molecular formula is C24H34O2. The zero-order valence-corrected chi connectivity index (χ0v) is 17.3. The zero-order valence-electron chi connectivity index (χ0n) is 17.3. The van der Waals surface area contributed by atoms with Crippen LogP contribution >= 0.6 is 0 Å². The number of benzene rings is 1. The quantitative estimate of drug-likeness (QED) is 0.496. The molecule has 0 radical (unpaired) electrons. The van der Waals surface area contributed by atoms with Gasteiger partial charge in [0.2, 0.25) is 0 Å². The Morgan fingerprint density at radius 1 is 1.12 bits per heavy atom. The topological polar surface area (TPSA) is 18.5 Å². The van der Waals surface area contributed by atoms with Gasteiger partial charge < -0.3 is 9.47 Å². The minimum atomic E-state index is -0.0714. The Hall–Kier alpha value is -1.96. The number of hydrogen-bond donors (Lipinski definition) is 0. The van der Waals surface area contributed by atoms with Crippen LogP contribution in [0.4, 0.5) is 0 Å². The van der Waals surface area contributed by atoms with Gasteiger partial charge in [0.25, 0.3) is 0 Å². The van der Waals surface area contributed by atoms with Crippen LogP contribution in [-0.4, -0.2) is 13.7 Å². The van der Waals surface area contributed by atoms with Crippen molar-refractivity contribution in [3.05, 3.63) is 59.7 Å². The van der Waals surface area contributed by atoms with Gasteiger partial charge in [-0.05, 0) is 42.4 Å². The lowest BCUT2D eigenvalue weighted by Crippen LogP contribution is -2.28. The summed E-state index contributed by atoms with van der Waals surface area (Å²) in [5, 5.41) is 0. The van der Waals surface area contributed by atoms with E-state index in [1.54, 1.807) is 7.11 Å². The van der Waals surface area contributed by atoms with Crippen molar-refractivity contribution in [2.24, 2.45) is 0 Å². The molecule has 1 aliphatic carbocycles. The van der Waals surface area contributed by atoms with Crippen LogP contribution in [0.15, 0.2) is 48.6 Å². The van der Waals surface area contributed by atoms with Crippen LogP contribution in [0.5, 0.6) is 11.5 Å². The summed E-state index contributed by atoms with van der Waals surface area (Å²) >= 11 is 0. The van der Waals surface area contributed by atoms with Gasteiger partial charge in [-0.15, -0.1) is 0 Å². The van der Waals surface area contributed by atoms with Crippen LogP contribution in [0.3, 0.4) is 0 Å². The molecule has 0 saturated carbocycles. The van der Waals surface area contributed by atoms with E-state index in [1.165, 1.54) is 16.7 Å². The van der Waals surface area contributed by atoms with Crippen LogP contribution in [0, 0.1) is 0 Å². The Labute approximate surface area is 159 Å². The molecule has 0 amide bonds. The third kappa shape index (κ3) is 3.75. The summed E-state index contributed by atoms with van der Waals surface area (Å²) in [7, 11) is 1.74. The third-order valence-corrected chi connectivity index (χ3v) is 5.50. The lowest BCUT2D eigenvalue weighted by Gasteiger charge is -2.37. The standard InChI is InChI=1S/C24H34O2/c1-8-15-26-22-20(23(4,5)6)16-19(25-7)17-21(22)24(9-2,10-3)18-13-11-12-14-18/h8,11,13-14,16-17H,1,9-10,12,15H2,2-7H3. The molecule has 2 rings (SSSR count). The van der Waals surface area contributed by atoms with Crippen LogP contribution in [0.1, 0.15) is 65.0 Å². The summed E-state index contributed by atoms with van der Waals surface area (Å²) in [5.74, 6) is 1.88. The number of rotatable bonds is 8. The Kier molecular flexibility index (Phi) is 6.39. The molecule has 0 atom stereocenters. The first kappa shape index (κ1) is 20.4. The molecule has 1 aliphatic rings. The Morgan fingerprint density at radius 3 is 2.23 bits per heavy atom. The predicted octanol–water partition coefficient (Wildman–Crippen LogP) is 6.50. The summed E-state index contributed by atoms with van der Waals surface area (Å²) < 4.78 is 12.0. The SMILES string of the molecule is C=CCOc1c(C(C)(C)C)cc(OC)cc1C(CC)(CC)C1=CCC=C1. The highest BCUT2D eigenvalue weighted by molar-refractivity contribution is 5.58. The summed E-state index contributed by atoms with van der Waals surface area (Å²) in [5.41, 5.74) is 3.68. The van der Waals surface area contributed by atoms with Gasteiger partial charge in [-0.2, -0.15) is 0 Å². The van der Waals surface area contributed by atoms with Crippen molar-refractivity contribution < 1.29 is 9.47 Å². The lowest BCUT2D eigenvalue weighted by molar-refractivity contribution is 0.330. The number of methoxy groups -OCH3 is 1. The Morgan fingerprint density at radius 2 is 1.77 bits per heavy atom. The van der Waals surface area contributed by atoms with E-state index in [4.69, 9.17) is 9.47 Å². The molecule has 0 heterocycles. The molecule has 2 heteroatoms. The van der Waals surface area contributed by atoms with Crippen molar-refractivity contribution in [3.63, 3.8) is 0 Å². The molecule has 0 spiro atoms. The van der Waals surface area contributed by atoms with Gasteiger partial charge >= 0.3 is 0 Å². The molecule has 1 aromatic carbocycles. The van der Waals surface area contributed by atoms with E-state index in [1.807, 2.05) is 6.08 Å². The van der Waals surface area contributed by atoms with Gasteiger partial charge in [0.1, 0.15) is 18.1 Å². The van der Waals surface area contributed by atoms with Crippen LogP contribution in [-0.2, 0) is 10.8 Å². The van der Waals surface area contributed by atoms with Crippen LogP contribution in [0.25, 0.3) is 0 Å². The van der Waals surface area contributed by atoms with Gasteiger partial charge in [-0.1, -0.05) is 65.5 Å². The average Bonchev–Trinajstić information content (AvgIpc) is 3.15. The van der Waals surface area contributed by atoms with Gasteiger partial charge in [-0.3, -0.25) is 0 Å². The van der Waals surface area contributed by atoms with E-state index >= 15 is 0 Å². The summed E-state index contributed by atoms with van der Waals surface area (Å²) in [4.78, 5) is 0. The molecule has 1 aromatic rings. The van der Waals surface area contributed by atoms with Crippen molar-refractivity contribution in [2.45, 2.75) is 64.7 Å². The molecule has 2 nitrogen and oxygen atoms in total. The second-order valence-electron chi connectivity index (χ2n) is 7.99. The molecule has 0 bridgehead atoms. The zero-order chi connectivity index (χ0) is 19.4. The molecule has 0 unspecified atom stereocenters. The van der Waals surface area contributed by atoms with Crippen molar-refractivity contribution in [3.8, 4) is 11.5 Å². The Bertz CT molecular complexity index is 698. The molecule has 0 N–H and O–H groups in total. The van der Waals surface area contributed by atoms with Gasteiger partial charge in [0, 0.05) is 16.5 Å². The number of allylic oxidation sites excluding steroid dienone is 4. The molecule has 26 heavy (non-hydrogen) atoms. The highest BCUT2D eigenvalue weighted by atomic mass is 16.5. The summed E-state index contributed by atoms with van der Waals surface area (Å²) in [6.07, 6.45) is 11.7. The van der Waals surface area contributed by atoms with Gasteiger partial charge in [0.05, 0.1) is 7.11 Å². The fraction of sp³-hybridized carbons (Fsp3) is 0.500. The maximum atomic E-state index is 6.29. The average molecular weight is 355 g/mol. The molecule has 0 saturated heterocycles. The van der Waals surface area contributed by atoms with E-state index in [-0.39, 0.29) is 10.8 Å². The highest BCUT2D eigenvalue weighted by Crippen LogP contribution is 2.49. The fourth-order valence-electron chi connectivity index (χ4n) is 3.94. The predicted molar refractivity (Wildman–Crippen MR) is 111 cm³/mol. The van der Waals surface area contributed by atoms with Crippen molar-refractivity contribution in [1.29, 1.82) is 0 Å². The minimum absolute atomic E-state index is 0.0487. The Balaban J connectivity index is 2.82. The van der Waals surface area contributed by atoms with Gasteiger partial charge in [0.15, 0.2) is 0 Å².